The predicted molar refractivity (Wildman–Crippen MR) is 90.7 cm³/mol. The van der Waals surface area contributed by atoms with E-state index in [1.807, 2.05) is 21.8 Å². The van der Waals surface area contributed by atoms with Gasteiger partial charge in [-0.05, 0) is 56.4 Å². The van der Waals surface area contributed by atoms with E-state index in [0.717, 1.165) is 31.5 Å². The van der Waals surface area contributed by atoms with Gasteiger partial charge >= 0.3 is 6.03 Å². The number of piperidine rings is 1. The van der Waals surface area contributed by atoms with E-state index < -0.39 is 0 Å². The Morgan fingerprint density at radius 1 is 1.30 bits per heavy atom. The summed E-state index contributed by atoms with van der Waals surface area (Å²) in [6, 6.07) is 10.6. The molecule has 2 amide bonds. The Labute approximate surface area is 137 Å². The maximum absolute atomic E-state index is 12.2. The molecule has 0 radical (unpaired) electrons. The fourth-order valence-corrected chi connectivity index (χ4v) is 3.05. The molecule has 1 N–H and O–H groups in total. The van der Waals surface area contributed by atoms with E-state index in [1.165, 1.54) is 12.0 Å². The first-order valence-corrected chi connectivity index (χ1v) is 8.37. The van der Waals surface area contributed by atoms with Gasteiger partial charge in [-0.3, -0.25) is 0 Å². The van der Waals surface area contributed by atoms with E-state index in [4.69, 9.17) is 0 Å². The van der Waals surface area contributed by atoms with Crippen molar-refractivity contribution in [1.82, 2.24) is 20.0 Å². The molecule has 1 aliphatic heterocycles. The van der Waals surface area contributed by atoms with E-state index in [2.05, 4.69) is 41.6 Å². The first-order valence-electron chi connectivity index (χ1n) is 8.37. The third-order valence-electron chi connectivity index (χ3n) is 4.46. The van der Waals surface area contributed by atoms with Crippen LogP contribution in [-0.4, -0.2) is 39.8 Å². The summed E-state index contributed by atoms with van der Waals surface area (Å²) >= 11 is 0. The SMILES string of the molecule is CC1CCCCN1C(=O)NCCc1ccc(-n2cccn2)cc1. The summed E-state index contributed by atoms with van der Waals surface area (Å²) in [5.74, 6) is 0. The first kappa shape index (κ1) is 15.6. The molecule has 1 saturated heterocycles. The molecule has 122 valence electrons. The van der Waals surface area contributed by atoms with Crippen LogP contribution in [0.4, 0.5) is 4.79 Å². The summed E-state index contributed by atoms with van der Waals surface area (Å²) in [4.78, 5) is 14.2. The number of aromatic nitrogens is 2. The van der Waals surface area contributed by atoms with E-state index >= 15 is 0 Å². The van der Waals surface area contributed by atoms with Gasteiger partial charge in [0, 0.05) is 31.5 Å². The van der Waals surface area contributed by atoms with Crippen molar-refractivity contribution in [3.63, 3.8) is 0 Å². The molecule has 1 aliphatic rings. The van der Waals surface area contributed by atoms with E-state index in [9.17, 15) is 4.79 Å². The molecule has 5 heteroatoms. The van der Waals surface area contributed by atoms with Gasteiger partial charge in [-0.25, -0.2) is 9.48 Å². The summed E-state index contributed by atoms with van der Waals surface area (Å²) < 4.78 is 1.84. The van der Waals surface area contributed by atoms with Crippen molar-refractivity contribution in [2.45, 2.75) is 38.6 Å². The number of hydrogen-bond acceptors (Lipinski definition) is 2. The molecule has 1 aromatic carbocycles. The highest BCUT2D eigenvalue weighted by Crippen LogP contribution is 2.16. The number of carbonyl (C=O) groups is 1. The molecule has 2 aromatic rings. The Bertz CT molecular complexity index is 621. The molecule has 3 rings (SSSR count). The molecule has 1 unspecified atom stereocenters. The number of amides is 2. The number of nitrogens with one attached hydrogen (secondary N) is 1. The second kappa shape index (κ2) is 7.31. The second-order valence-corrected chi connectivity index (χ2v) is 6.14. The second-order valence-electron chi connectivity index (χ2n) is 6.14. The number of nitrogens with zero attached hydrogens (tertiary/aromatic N) is 3. The third-order valence-corrected chi connectivity index (χ3v) is 4.46. The van der Waals surface area contributed by atoms with Gasteiger partial charge in [0.05, 0.1) is 5.69 Å². The van der Waals surface area contributed by atoms with Crippen LogP contribution in [0.15, 0.2) is 42.7 Å². The van der Waals surface area contributed by atoms with Crippen LogP contribution in [0.3, 0.4) is 0 Å². The molecule has 0 spiro atoms. The molecular weight excluding hydrogens is 288 g/mol. The molecular formula is C18H24N4O. The van der Waals surface area contributed by atoms with Crippen molar-refractivity contribution in [3.8, 4) is 5.69 Å². The Balaban J connectivity index is 1.48. The van der Waals surface area contributed by atoms with Gasteiger partial charge in [0.15, 0.2) is 0 Å². The normalized spacial score (nSPS) is 18.0. The van der Waals surface area contributed by atoms with Gasteiger partial charge in [0.1, 0.15) is 0 Å². The molecule has 0 aliphatic carbocycles. The van der Waals surface area contributed by atoms with Crippen molar-refractivity contribution >= 4 is 6.03 Å². The van der Waals surface area contributed by atoms with Gasteiger partial charge in [0.25, 0.3) is 0 Å². The number of carbonyl (C=O) groups excluding carboxylic acids is 1. The van der Waals surface area contributed by atoms with Crippen LogP contribution in [0.2, 0.25) is 0 Å². The molecule has 5 nitrogen and oxygen atoms in total. The van der Waals surface area contributed by atoms with Crippen molar-refractivity contribution in [3.05, 3.63) is 48.3 Å². The maximum Gasteiger partial charge on any atom is 0.317 e. The number of benzene rings is 1. The zero-order chi connectivity index (χ0) is 16.1. The van der Waals surface area contributed by atoms with Crippen LogP contribution >= 0.6 is 0 Å². The minimum Gasteiger partial charge on any atom is -0.338 e. The summed E-state index contributed by atoms with van der Waals surface area (Å²) in [5, 5.41) is 7.26. The van der Waals surface area contributed by atoms with E-state index in [-0.39, 0.29) is 6.03 Å². The maximum atomic E-state index is 12.2. The van der Waals surface area contributed by atoms with E-state index in [1.54, 1.807) is 6.20 Å². The largest absolute Gasteiger partial charge is 0.338 e. The van der Waals surface area contributed by atoms with Crippen molar-refractivity contribution in [1.29, 1.82) is 0 Å². The van der Waals surface area contributed by atoms with Crippen LogP contribution in [0.25, 0.3) is 5.69 Å². The molecule has 0 saturated carbocycles. The van der Waals surface area contributed by atoms with Crippen LogP contribution in [0, 0.1) is 0 Å². The first-order chi connectivity index (χ1) is 11.2. The van der Waals surface area contributed by atoms with E-state index in [0.29, 0.717) is 12.6 Å². The monoisotopic (exact) mass is 312 g/mol. The molecule has 1 aromatic heterocycles. The average molecular weight is 312 g/mol. The molecule has 1 atom stereocenters. The lowest BCUT2D eigenvalue weighted by atomic mass is 10.0. The van der Waals surface area contributed by atoms with Crippen LogP contribution in [0.5, 0.6) is 0 Å². The molecule has 0 bridgehead atoms. The quantitative estimate of drug-likeness (QED) is 0.943. The Hall–Kier alpha value is -2.30. The highest BCUT2D eigenvalue weighted by Gasteiger charge is 2.22. The van der Waals surface area contributed by atoms with Gasteiger partial charge in [-0.1, -0.05) is 12.1 Å². The van der Waals surface area contributed by atoms with Crippen molar-refractivity contribution in [2.24, 2.45) is 0 Å². The van der Waals surface area contributed by atoms with Crippen LogP contribution < -0.4 is 5.32 Å². The molecule has 1 fully saturated rings. The zero-order valence-electron chi connectivity index (χ0n) is 13.6. The summed E-state index contributed by atoms with van der Waals surface area (Å²) in [5.41, 5.74) is 2.26. The van der Waals surface area contributed by atoms with Crippen molar-refractivity contribution in [2.75, 3.05) is 13.1 Å². The summed E-state index contributed by atoms with van der Waals surface area (Å²) in [7, 11) is 0. The summed E-state index contributed by atoms with van der Waals surface area (Å²) in [6.45, 7) is 3.68. The molecule has 2 heterocycles. The predicted octanol–water partition coefficient (Wildman–Crippen LogP) is 3.00. The number of urea groups is 1. The average Bonchev–Trinajstić information content (AvgIpc) is 3.10. The topological polar surface area (TPSA) is 50.2 Å². The molecule has 23 heavy (non-hydrogen) atoms. The Kier molecular flexibility index (Phi) is 4.95. The number of hydrogen-bond donors (Lipinski definition) is 1. The van der Waals surface area contributed by atoms with Gasteiger partial charge in [-0.15, -0.1) is 0 Å². The standard InChI is InChI=1S/C18H24N4O/c1-15-5-2-3-13-21(15)18(23)19-12-10-16-6-8-17(9-7-16)22-14-4-11-20-22/h4,6-9,11,14-15H,2-3,5,10,12-13H2,1H3,(H,19,23). The number of rotatable bonds is 4. The minimum atomic E-state index is 0.0744. The third kappa shape index (κ3) is 3.92. The lowest BCUT2D eigenvalue weighted by Crippen LogP contribution is -2.47. The lowest BCUT2D eigenvalue weighted by molar-refractivity contribution is 0.158. The summed E-state index contributed by atoms with van der Waals surface area (Å²) in [6.07, 6.45) is 8.00. The Morgan fingerprint density at radius 3 is 2.83 bits per heavy atom. The fraction of sp³-hybridized carbons (Fsp3) is 0.444. The Morgan fingerprint density at radius 2 is 2.13 bits per heavy atom. The van der Waals surface area contributed by atoms with Crippen LogP contribution in [-0.2, 0) is 6.42 Å². The van der Waals surface area contributed by atoms with Crippen LogP contribution in [0.1, 0.15) is 31.7 Å². The highest BCUT2D eigenvalue weighted by molar-refractivity contribution is 5.74. The van der Waals surface area contributed by atoms with Crippen molar-refractivity contribution < 1.29 is 4.79 Å². The van der Waals surface area contributed by atoms with Gasteiger partial charge < -0.3 is 10.2 Å². The minimum absolute atomic E-state index is 0.0744. The van der Waals surface area contributed by atoms with Gasteiger partial charge in [0.2, 0.25) is 0 Å². The number of likely N-dealkylation sites (tertiary alicyclic amines) is 1. The lowest BCUT2D eigenvalue weighted by Gasteiger charge is -2.33. The van der Waals surface area contributed by atoms with Gasteiger partial charge in [-0.2, -0.15) is 5.10 Å². The smallest absolute Gasteiger partial charge is 0.317 e. The fourth-order valence-electron chi connectivity index (χ4n) is 3.05. The highest BCUT2D eigenvalue weighted by atomic mass is 16.2. The zero-order valence-corrected chi connectivity index (χ0v) is 13.6.